The first kappa shape index (κ1) is 14.3. The number of carbonyl (C=O) groups excluding carboxylic acids is 1. The molecule has 1 heterocycles. The summed E-state index contributed by atoms with van der Waals surface area (Å²) in [4.78, 5) is 18.9. The third-order valence-electron chi connectivity index (χ3n) is 2.20. The molecule has 0 unspecified atom stereocenters. The summed E-state index contributed by atoms with van der Waals surface area (Å²) in [6, 6.07) is 3.81. The van der Waals surface area contributed by atoms with Crippen LogP contribution in [0.3, 0.4) is 0 Å². The number of hydrogen-bond acceptors (Lipinski definition) is 4. The number of carbonyl (C=O) groups is 1. The number of esters is 1. The van der Waals surface area contributed by atoms with Gasteiger partial charge in [0.2, 0.25) is 0 Å². The number of rotatable bonds is 2. The number of benzene rings is 1. The van der Waals surface area contributed by atoms with Gasteiger partial charge in [0.25, 0.3) is 0 Å². The van der Waals surface area contributed by atoms with Gasteiger partial charge in [0.05, 0.1) is 5.56 Å². The smallest absolute Gasteiger partial charge is 0.416 e. The minimum absolute atomic E-state index is 0.0754. The lowest BCUT2D eigenvalue weighted by Gasteiger charge is -2.10. The van der Waals surface area contributed by atoms with Crippen LogP contribution in [0, 0.1) is 0 Å². The highest BCUT2D eigenvalue weighted by Crippen LogP contribution is 2.34. The highest BCUT2D eigenvalue weighted by atomic mass is 35.5. The Hall–Kier alpha value is -2.15. The Labute approximate surface area is 116 Å². The van der Waals surface area contributed by atoms with Crippen LogP contribution in [0.4, 0.5) is 13.2 Å². The van der Waals surface area contributed by atoms with E-state index in [9.17, 15) is 18.0 Å². The third kappa shape index (κ3) is 3.45. The molecular formula is C12H6ClF3N2O2. The van der Waals surface area contributed by atoms with E-state index < -0.39 is 17.7 Å². The SMILES string of the molecule is O=C(Oc1cc(Cl)cc(C(F)(F)F)c1)c1ccncn1. The minimum atomic E-state index is -4.58. The van der Waals surface area contributed by atoms with Crippen LogP contribution < -0.4 is 4.74 Å². The van der Waals surface area contributed by atoms with E-state index in [1.165, 1.54) is 12.3 Å². The average Bonchev–Trinajstić information content (AvgIpc) is 2.38. The van der Waals surface area contributed by atoms with Gasteiger partial charge in [-0.3, -0.25) is 0 Å². The van der Waals surface area contributed by atoms with Crippen molar-refractivity contribution in [1.29, 1.82) is 0 Å². The Kier molecular flexibility index (Phi) is 3.89. The molecular weight excluding hydrogens is 297 g/mol. The molecule has 1 aromatic carbocycles. The quantitative estimate of drug-likeness (QED) is 0.630. The van der Waals surface area contributed by atoms with Gasteiger partial charge < -0.3 is 4.74 Å². The maximum absolute atomic E-state index is 12.6. The summed E-state index contributed by atoms with van der Waals surface area (Å²) in [7, 11) is 0. The molecule has 0 bridgehead atoms. The van der Waals surface area contributed by atoms with Crippen molar-refractivity contribution in [3.63, 3.8) is 0 Å². The number of halogens is 4. The van der Waals surface area contributed by atoms with Crippen molar-refractivity contribution in [2.24, 2.45) is 0 Å². The summed E-state index contributed by atoms with van der Waals surface area (Å²) in [6.07, 6.45) is -2.15. The van der Waals surface area contributed by atoms with Gasteiger partial charge in [0, 0.05) is 11.2 Å². The molecule has 1 aromatic heterocycles. The van der Waals surface area contributed by atoms with Crippen molar-refractivity contribution in [2.45, 2.75) is 6.18 Å². The van der Waals surface area contributed by atoms with Crippen LogP contribution >= 0.6 is 11.6 Å². The van der Waals surface area contributed by atoms with Crippen LogP contribution in [0.15, 0.2) is 36.8 Å². The molecule has 0 aliphatic carbocycles. The highest BCUT2D eigenvalue weighted by Gasteiger charge is 2.31. The molecule has 20 heavy (non-hydrogen) atoms. The van der Waals surface area contributed by atoms with Gasteiger partial charge in [-0.05, 0) is 24.3 Å². The molecule has 2 rings (SSSR count). The zero-order chi connectivity index (χ0) is 14.8. The summed E-state index contributed by atoms with van der Waals surface area (Å²) in [6.45, 7) is 0. The lowest BCUT2D eigenvalue weighted by atomic mass is 10.2. The maximum Gasteiger partial charge on any atom is 0.416 e. The Bertz CT molecular complexity index is 632. The van der Waals surface area contributed by atoms with Gasteiger partial charge in [-0.1, -0.05) is 11.6 Å². The molecule has 0 amide bonds. The van der Waals surface area contributed by atoms with Crippen molar-refractivity contribution >= 4 is 17.6 Å². The fourth-order valence-electron chi connectivity index (χ4n) is 1.36. The van der Waals surface area contributed by atoms with Crippen LogP contribution in [0.25, 0.3) is 0 Å². The van der Waals surface area contributed by atoms with Gasteiger partial charge in [0.1, 0.15) is 12.1 Å². The van der Waals surface area contributed by atoms with E-state index >= 15 is 0 Å². The predicted molar refractivity (Wildman–Crippen MR) is 63.4 cm³/mol. The topological polar surface area (TPSA) is 52.1 Å². The molecule has 0 aliphatic rings. The second kappa shape index (κ2) is 5.46. The number of alkyl halides is 3. The van der Waals surface area contributed by atoms with Gasteiger partial charge in [-0.25, -0.2) is 14.8 Å². The molecule has 0 saturated carbocycles. The molecule has 0 aliphatic heterocycles. The monoisotopic (exact) mass is 302 g/mol. The zero-order valence-electron chi connectivity index (χ0n) is 9.69. The van der Waals surface area contributed by atoms with Crippen LogP contribution in [0.1, 0.15) is 16.1 Å². The molecule has 0 radical (unpaired) electrons. The van der Waals surface area contributed by atoms with Crippen molar-refractivity contribution in [3.05, 3.63) is 53.1 Å². The summed E-state index contributed by atoms with van der Waals surface area (Å²) in [5.41, 5.74) is -1.08. The summed E-state index contributed by atoms with van der Waals surface area (Å²) in [5, 5.41) is -0.190. The fourth-order valence-corrected chi connectivity index (χ4v) is 1.58. The van der Waals surface area contributed by atoms with Crippen LogP contribution in [-0.2, 0) is 6.18 Å². The summed E-state index contributed by atoms with van der Waals surface area (Å²) < 4.78 is 42.6. The number of aromatic nitrogens is 2. The van der Waals surface area contributed by atoms with E-state index in [0.29, 0.717) is 6.07 Å². The molecule has 0 fully saturated rings. The Morgan fingerprint density at radius 2 is 2.00 bits per heavy atom. The standard InChI is InChI=1S/C12H6ClF3N2O2/c13-8-3-7(12(14,15)16)4-9(5-8)20-11(19)10-1-2-17-6-18-10/h1-6H. The fraction of sp³-hybridized carbons (Fsp3) is 0.0833. The van der Waals surface area contributed by atoms with Gasteiger partial charge in [-0.2, -0.15) is 13.2 Å². The minimum Gasteiger partial charge on any atom is -0.422 e. The van der Waals surface area contributed by atoms with E-state index in [-0.39, 0.29) is 16.5 Å². The summed E-state index contributed by atoms with van der Waals surface area (Å²) in [5.74, 6) is -1.21. The molecule has 0 spiro atoms. The zero-order valence-corrected chi connectivity index (χ0v) is 10.4. The second-order valence-corrected chi connectivity index (χ2v) is 4.09. The lowest BCUT2D eigenvalue weighted by Crippen LogP contribution is -2.12. The predicted octanol–water partition coefficient (Wildman–Crippen LogP) is 3.37. The van der Waals surface area contributed by atoms with Gasteiger partial charge in [-0.15, -0.1) is 0 Å². The average molecular weight is 303 g/mol. The normalized spacial score (nSPS) is 11.2. The van der Waals surface area contributed by atoms with Crippen molar-refractivity contribution in [3.8, 4) is 5.75 Å². The van der Waals surface area contributed by atoms with Crippen molar-refractivity contribution < 1.29 is 22.7 Å². The number of ether oxygens (including phenoxy) is 1. The largest absolute Gasteiger partial charge is 0.422 e. The maximum atomic E-state index is 12.6. The Morgan fingerprint density at radius 3 is 2.60 bits per heavy atom. The van der Waals surface area contributed by atoms with E-state index in [1.807, 2.05) is 0 Å². The summed E-state index contributed by atoms with van der Waals surface area (Å²) >= 11 is 5.57. The van der Waals surface area contributed by atoms with Crippen molar-refractivity contribution in [2.75, 3.05) is 0 Å². The number of nitrogens with zero attached hydrogens (tertiary/aromatic N) is 2. The van der Waals surface area contributed by atoms with Crippen molar-refractivity contribution in [1.82, 2.24) is 9.97 Å². The van der Waals surface area contributed by atoms with Crippen LogP contribution in [-0.4, -0.2) is 15.9 Å². The van der Waals surface area contributed by atoms with E-state index in [4.69, 9.17) is 16.3 Å². The molecule has 0 N–H and O–H groups in total. The molecule has 104 valence electrons. The van der Waals surface area contributed by atoms with Gasteiger partial charge in [0.15, 0.2) is 5.69 Å². The molecule has 0 atom stereocenters. The van der Waals surface area contributed by atoms with E-state index in [1.54, 1.807) is 0 Å². The first-order valence-electron chi connectivity index (χ1n) is 5.22. The molecule has 4 nitrogen and oxygen atoms in total. The van der Waals surface area contributed by atoms with Crippen LogP contribution in [0.2, 0.25) is 5.02 Å². The third-order valence-corrected chi connectivity index (χ3v) is 2.42. The van der Waals surface area contributed by atoms with E-state index in [2.05, 4.69) is 9.97 Å². The lowest BCUT2D eigenvalue weighted by molar-refractivity contribution is -0.137. The first-order chi connectivity index (χ1) is 9.36. The first-order valence-corrected chi connectivity index (χ1v) is 5.60. The molecule has 8 heteroatoms. The van der Waals surface area contributed by atoms with Crippen LogP contribution in [0.5, 0.6) is 5.75 Å². The van der Waals surface area contributed by atoms with Gasteiger partial charge >= 0.3 is 12.1 Å². The highest BCUT2D eigenvalue weighted by molar-refractivity contribution is 6.30. The number of hydrogen-bond donors (Lipinski definition) is 0. The van der Waals surface area contributed by atoms with E-state index in [0.717, 1.165) is 18.5 Å². The Balaban J connectivity index is 2.26. The second-order valence-electron chi connectivity index (χ2n) is 3.66. The molecule has 2 aromatic rings. The molecule has 0 saturated heterocycles. The Morgan fingerprint density at radius 1 is 1.25 bits per heavy atom.